The third-order valence-electron chi connectivity index (χ3n) is 3.34. The molecule has 1 heterocycles. The van der Waals surface area contributed by atoms with E-state index in [1.54, 1.807) is 6.07 Å². The summed E-state index contributed by atoms with van der Waals surface area (Å²) in [6, 6.07) is 5.73. The van der Waals surface area contributed by atoms with Gasteiger partial charge in [0.25, 0.3) is 0 Å². The number of fused-ring (bicyclic) bond motifs is 1. The van der Waals surface area contributed by atoms with Gasteiger partial charge in [0.1, 0.15) is 0 Å². The van der Waals surface area contributed by atoms with E-state index in [1.165, 1.54) is 0 Å². The van der Waals surface area contributed by atoms with Gasteiger partial charge in [-0.15, -0.1) is 0 Å². The largest absolute Gasteiger partial charge is 0.381 e. The van der Waals surface area contributed by atoms with Gasteiger partial charge < -0.3 is 9.87 Å². The van der Waals surface area contributed by atoms with Crippen molar-refractivity contribution in [1.82, 2.24) is 0 Å². The molecule has 1 aliphatic heterocycles. The molecule has 0 radical (unpaired) electrons. The molecular formula is C11H15NO2S. The predicted molar refractivity (Wildman–Crippen MR) is 61.6 cm³/mol. The van der Waals surface area contributed by atoms with Gasteiger partial charge in [-0.1, -0.05) is 13.8 Å². The molecule has 15 heavy (non-hydrogen) atoms. The standard InChI is InChI=1S/C11H15NO2S/c1-7-11(2,3)9-6-8(15(13)14)4-5-10(9)12-7/h4-7,12H,1-3H3,(H,13,14). The molecule has 2 N–H and O–H groups in total. The predicted octanol–water partition coefficient (Wildman–Crippen LogP) is 2.36. The van der Waals surface area contributed by atoms with Crippen LogP contribution in [-0.2, 0) is 16.5 Å². The van der Waals surface area contributed by atoms with E-state index < -0.39 is 11.1 Å². The van der Waals surface area contributed by atoms with Crippen molar-refractivity contribution in [3.8, 4) is 0 Å². The highest BCUT2D eigenvalue weighted by Crippen LogP contribution is 2.41. The van der Waals surface area contributed by atoms with E-state index in [1.807, 2.05) is 12.1 Å². The Hall–Kier alpha value is -0.870. The van der Waals surface area contributed by atoms with Gasteiger partial charge in [0, 0.05) is 17.1 Å². The molecule has 4 heteroatoms. The first kappa shape index (κ1) is 10.6. The van der Waals surface area contributed by atoms with Gasteiger partial charge in [-0.25, -0.2) is 4.21 Å². The van der Waals surface area contributed by atoms with Crippen LogP contribution in [-0.4, -0.2) is 14.8 Å². The highest BCUT2D eigenvalue weighted by molar-refractivity contribution is 7.79. The molecular weight excluding hydrogens is 210 g/mol. The molecule has 2 unspecified atom stereocenters. The summed E-state index contributed by atoms with van der Waals surface area (Å²) in [5, 5.41) is 3.37. The molecule has 82 valence electrons. The maximum absolute atomic E-state index is 11.0. The number of anilines is 1. The van der Waals surface area contributed by atoms with Crippen LogP contribution in [0.15, 0.2) is 23.1 Å². The van der Waals surface area contributed by atoms with E-state index in [4.69, 9.17) is 4.55 Å². The lowest BCUT2D eigenvalue weighted by molar-refractivity contribution is 0.485. The van der Waals surface area contributed by atoms with Gasteiger partial charge in [0.2, 0.25) is 0 Å². The van der Waals surface area contributed by atoms with Gasteiger partial charge in [0.15, 0.2) is 11.1 Å². The zero-order valence-electron chi connectivity index (χ0n) is 9.07. The Morgan fingerprint density at radius 1 is 1.47 bits per heavy atom. The van der Waals surface area contributed by atoms with Crippen LogP contribution in [0.2, 0.25) is 0 Å². The van der Waals surface area contributed by atoms with E-state index in [0.717, 1.165) is 11.3 Å². The fourth-order valence-electron chi connectivity index (χ4n) is 1.94. The first-order valence-electron chi connectivity index (χ1n) is 4.95. The van der Waals surface area contributed by atoms with Crippen molar-refractivity contribution in [2.45, 2.75) is 37.1 Å². The van der Waals surface area contributed by atoms with Crippen LogP contribution in [0.4, 0.5) is 5.69 Å². The van der Waals surface area contributed by atoms with Crippen molar-refractivity contribution in [2.24, 2.45) is 0 Å². The van der Waals surface area contributed by atoms with Crippen LogP contribution in [0, 0.1) is 0 Å². The smallest absolute Gasteiger partial charge is 0.186 e. The Labute approximate surface area is 92.2 Å². The zero-order chi connectivity index (χ0) is 11.2. The summed E-state index contributed by atoms with van der Waals surface area (Å²) in [5.41, 5.74) is 2.20. The van der Waals surface area contributed by atoms with Crippen LogP contribution in [0.1, 0.15) is 26.3 Å². The minimum absolute atomic E-state index is 0.00468. The van der Waals surface area contributed by atoms with Gasteiger partial charge in [0.05, 0.1) is 4.90 Å². The average molecular weight is 225 g/mol. The molecule has 1 aromatic rings. The Morgan fingerprint density at radius 2 is 2.13 bits per heavy atom. The van der Waals surface area contributed by atoms with Crippen molar-refractivity contribution in [3.63, 3.8) is 0 Å². The van der Waals surface area contributed by atoms with E-state index in [-0.39, 0.29) is 5.41 Å². The fourth-order valence-corrected chi connectivity index (χ4v) is 2.34. The number of benzene rings is 1. The maximum atomic E-state index is 11.0. The third-order valence-corrected chi connectivity index (χ3v) is 4.00. The van der Waals surface area contributed by atoms with Crippen molar-refractivity contribution in [2.75, 3.05) is 5.32 Å². The Balaban J connectivity index is 2.55. The molecule has 0 amide bonds. The lowest BCUT2D eigenvalue weighted by Gasteiger charge is -2.24. The van der Waals surface area contributed by atoms with Gasteiger partial charge in [-0.2, -0.15) is 0 Å². The summed E-state index contributed by atoms with van der Waals surface area (Å²) in [6.07, 6.45) is 0. The van der Waals surface area contributed by atoms with E-state index in [0.29, 0.717) is 10.9 Å². The van der Waals surface area contributed by atoms with Crippen molar-refractivity contribution in [1.29, 1.82) is 0 Å². The minimum atomic E-state index is -1.89. The molecule has 2 rings (SSSR count). The first-order valence-corrected chi connectivity index (χ1v) is 6.05. The quantitative estimate of drug-likeness (QED) is 0.721. The monoisotopic (exact) mass is 225 g/mol. The van der Waals surface area contributed by atoms with Crippen LogP contribution >= 0.6 is 0 Å². The van der Waals surface area contributed by atoms with E-state index in [2.05, 4.69) is 26.1 Å². The molecule has 1 aliphatic rings. The SMILES string of the molecule is CC1Nc2ccc(S(=O)O)cc2C1(C)C. The van der Waals surface area contributed by atoms with Gasteiger partial charge in [-0.3, -0.25) is 0 Å². The molecule has 0 saturated heterocycles. The molecule has 3 nitrogen and oxygen atoms in total. The first-order chi connectivity index (χ1) is 6.93. The number of hydrogen-bond acceptors (Lipinski definition) is 2. The Kier molecular flexibility index (Phi) is 2.35. The van der Waals surface area contributed by atoms with Crippen LogP contribution in [0.25, 0.3) is 0 Å². The topological polar surface area (TPSA) is 49.3 Å². The zero-order valence-corrected chi connectivity index (χ0v) is 9.89. The van der Waals surface area contributed by atoms with E-state index >= 15 is 0 Å². The summed E-state index contributed by atoms with van der Waals surface area (Å²) in [7, 11) is 0. The fraction of sp³-hybridized carbons (Fsp3) is 0.455. The van der Waals surface area contributed by atoms with Crippen LogP contribution < -0.4 is 5.32 Å². The second kappa shape index (κ2) is 3.32. The lowest BCUT2D eigenvalue weighted by Crippen LogP contribution is -2.29. The van der Waals surface area contributed by atoms with Gasteiger partial charge >= 0.3 is 0 Å². The average Bonchev–Trinajstić information content (AvgIpc) is 2.38. The molecule has 2 atom stereocenters. The lowest BCUT2D eigenvalue weighted by atomic mass is 9.81. The Bertz CT molecular complexity index is 429. The second-order valence-corrected chi connectivity index (χ2v) is 5.51. The van der Waals surface area contributed by atoms with Crippen molar-refractivity contribution in [3.05, 3.63) is 23.8 Å². The van der Waals surface area contributed by atoms with Gasteiger partial charge in [-0.05, 0) is 30.7 Å². The number of rotatable bonds is 1. The maximum Gasteiger partial charge on any atom is 0.186 e. The van der Waals surface area contributed by atoms with Crippen molar-refractivity contribution >= 4 is 16.8 Å². The molecule has 0 spiro atoms. The molecule has 1 aromatic carbocycles. The van der Waals surface area contributed by atoms with Crippen LogP contribution in [0.3, 0.4) is 0 Å². The molecule has 0 aliphatic carbocycles. The second-order valence-electron chi connectivity index (χ2n) is 4.54. The van der Waals surface area contributed by atoms with Crippen LogP contribution in [0.5, 0.6) is 0 Å². The molecule has 0 fully saturated rings. The summed E-state index contributed by atoms with van der Waals surface area (Å²) in [4.78, 5) is 0.470. The molecule has 0 aromatic heterocycles. The number of hydrogen-bond donors (Lipinski definition) is 2. The Morgan fingerprint density at radius 3 is 2.73 bits per heavy atom. The summed E-state index contributed by atoms with van der Waals surface area (Å²) in [5.74, 6) is 0. The number of nitrogens with one attached hydrogen (secondary N) is 1. The summed E-state index contributed by atoms with van der Waals surface area (Å²) >= 11 is -1.89. The summed E-state index contributed by atoms with van der Waals surface area (Å²) in [6.45, 7) is 6.40. The van der Waals surface area contributed by atoms with Crippen molar-refractivity contribution < 1.29 is 8.76 Å². The molecule has 0 bridgehead atoms. The highest BCUT2D eigenvalue weighted by Gasteiger charge is 2.36. The molecule has 0 saturated carbocycles. The van der Waals surface area contributed by atoms with E-state index in [9.17, 15) is 4.21 Å². The minimum Gasteiger partial charge on any atom is -0.381 e. The summed E-state index contributed by atoms with van der Waals surface area (Å²) < 4.78 is 20.0. The highest BCUT2D eigenvalue weighted by atomic mass is 32.2. The third kappa shape index (κ3) is 1.58. The normalized spacial score (nSPS) is 24.4.